The second kappa shape index (κ2) is 5.09. The lowest BCUT2D eigenvalue weighted by Gasteiger charge is -2.07. The van der Waals surface area contributed by atoms with Crippen LogP contribution in [0.4, 0.5) is 0 Å². The molecule has 0 atom stereocenters. The zero-order chi connectivity index (χ0) is 14.1. The van der Waals surface area contributed by atoms with Gasteiger partial charge in [0, 0.05) is 22.7 Å². The van der Waals surface area contributed by atoms with Crippen molar-refractivity contribution in [2.24, 2.45) is 0 Å². The third-order valence-corrected chi connectivity index (χ3v) is 4.12. The van der Waals surface area contributed by atoms with Crippen molar-refractivity contribution in [3.05, 3.63) is 52.1 Å². The minimum Gasteiger partial charge on any atom is -0.465 e. The number of esters is 1. The van der Waals surface area contributed by atoms with E-state index in [4.69, 9.17) is 4.74 Å². The summed E-state index contributed by atoms with van der Waals surface area (Å²) in [5, 5.41) is 4.09. The van der Waals surface area contributed by atoms with Gasteiger partial charge in [-0.1, -0.05) is 12.1 Å². The molecular weight excluding hydrogens is 272 g/mol. The highest BCUT2D eigenvalue weighted by Gasteiger charge is 2.14. The lowest BCUT2D eigenvalue weighted by molar-refractivity contribution is 0.0602. The number of fused-ring (bicyclic) bond motifs is 1. The lowest BCUT2D eigenvalue weighted by atomic mass is 10.1. The van der Waals surface area contributed by atoms with Crippen molar-refractivity contribution in [2.75, 3.05) is 7.11 Å². The van der Waals surface area contributed by atoms with E-state index in [9.17, 15) is 4.79 Å². The van der Waals surface area contributed by atoms with Gasteiger partial charge in [0.2, 0.25) is 0 Å². The van der Waals surface area contributed by atoms with Gasteiger partial charge in [0.1, 0.15) is 5.01 Å². The largest absolute Gasteiger partial charge is 0.465 e. The van der Waals surface area contributed by atoms with Gasteiger partial charge in [-0.25, -0.2) is 9.78 Å². The molecule has 3 aromatic rings. The Morgan fingerprint density at radius 3 is 2.95 bits per heavy atom. The van der Waals surface area contributed by atoms with Crippen molar-refractivity contribution in [1.82, 2.24) is 9.55 Å². The summed E-state index contributed by atoms with van der Waals surface area (Å²) in [7, 11) is 1.40. The van der Waals surface area contributed by atoms with Crippen molar-refractivity contribution in [2.45, 2.75) is 13.5 Å². The standard InChI is InChI=1S/C15H14N2O2S/c1-10-9-20-13(16-10)8-17-7-6-11-4-3-5-12(14(11)17)15(18)19-2/h3-7,9H,8H2,1-2H3. The van der Waals surface area contributed by atoms with Crippen LogP contribution < -0.4 is 0 Å². The average molecular weight is 286 g/mol. The Balaban J connectivity index is 2.09. The van der Waals surface area contributed by atoms with Crippen LogP contribution in [0.3, 0.4) is 0 Å². The Morgan fingerprint density at radius 2 is 2.25 bits per heavy atom. The molecular formula is C15H14N2O2S. The highest BCUT2D eigenvalue weighted by atomic mass is 32.1. The number of thiazole rings is 1. The van der Waals surface area contributed by atoms with Gasteiger partial charge in [0.15, 0.2) is 0 Å². The Labute approximate surface area is 120 Å². The highest BCUT2D eigenvalue weighted by molar-refractivity contribution is 7.09. The molecule has 102 valence electrons. The van der Waals surface area contributed by atoms with Crippen molar-refractivity contribution in [3.8, 4) is 0 Å². The predicted molar refractivity (Wildman–Crippen MR) is 79.2 cm³/mol. The molecule has 0 N–H and O–H groups in total. The molecule has 0 unspecified atom stereocenters. The van der Waals surface area contributed by atoms with Crippen molar-refractivity contribution in [1.29, 1.82) is 0 Å². The van der Waals surface area contributed by atoms with E-state index in [1.54, 1.807) is 17.4 Å². The summed E-state index contributed by atoms with van der Waals surface area (Å²) >= 11 is 1.63. The monoisotopic (exact) mass is 286 g/mol. The zero-order valence-corrected chi connectivity index (χ0v) is 12.1. The molecule has 0 saturated heterocycles. The first-order chi connectivity index (χ1) is 9.69. The SMILES string of the molecule is COC(=O)c1cccc2ccn(Cc3nc(C)cs3)c12. The highest BCUT2D eigenvalue weighted by Crippen LogP contribution is 2.23. The molecule has 0 amide bonds. The van der Waals surface area contributed by atoms with Gasteiger partial charge in [-0.15, -0.1) is 11.3 Å². The fourth-order valence-electron chi connectivity index (χ4n) is 2.29. The molecule has 1 aromatic carbocycles. The predicted octanol–water partition coefficient (Wildman–Crippen LogP) is 3.24. The first kappa shape index (κ1) is 12.9. The van der Waals surface area contributed by atoms with E-state index in [1.165, 1.54) is 7.11 Å². The molecule has 0 radical (unpaired) electrons. The summed E-state index contributed by atoms with van der Waals surface area (Å²) in [5.74, 6) is -0.314. The Morgan fingerprint density at radius 1 is 1.40 bits per heavy atom. The fraction of sp³-hybridized carbons (Fsp3) is 0.200. The summed E-state index contributed by atoms with van der Waals surface area (Å²) in [6.07, 6.45) is 1.98. The number of methoxy groups -OCH3 is 1. The maximum Gasteiger partial charge on any atom is 0.340 e. The van der Waals surface area contributed by atoms with E-state index in [2.05, 4.69) is 4.98 Å². The van der Waals surface area contributed by atoms with Gasteiger partial charge in [-0.05, 0) is 19.1 Å². The number of hydrogen-bond donors (Lipinski definition) is 0. The van der Waals surface area contributed by atoms with E-state index < -0.39 is 0 Å². The number of para-hydroxylation sites is 1. The van der Waals surface area contributed by atoms with E-state index >= 15 is 0 Å². The van der Waals surface area contributed by atoms with Crippen molar-refractivity contribution >= 4 is 28.2 Å². The maximum absolute atomic E-state index is 11.9. The van der Waals surface area contributed by atoms with Crippen LogP contribution in [-0.2, 0) is 11.3 Å². The van der Waals surface area contributed by atoms with E-state index in [0.717, 1.165) is 21.6 Å². The van der Waals surface area contributed by atoms with Crippen LogP contribution in [0.1, 0.15) is 21.1 Å². The van der Waals surface area contributed by atoms with E-state index in [1.807, 2.05) is 41.3 Å². The molecule has 20 heavy (non-hydrogen) atoms. The molecule has 0 aliphatic carbocycles. The molecule has 2 aromatic heterocycles. The molecule has 0 saturated carbocycles. The molecule has 0 aliphatic heterocycles. The summed E-state index contributed by atoms with van der Waals surface area (Å²) < 4.78 is 6.90. The first-order valence-corrected chi connectivity index (χ1v) is 7.14. The minimum atomic E-state index is -0.314. The summed E-state index contributed by atoms with van der Waals surface area (Å²) in [6, 6.07) is 7.65. The Kier molecular flexibility index (Phi) is 3.28. The van der Waals surface area contributed by atoms with Crippen LogP contribution in [-0.4, -0.2) is 22.6 Å². The summed E-state index contributed by atoms with van der Waals surface area (Å²) in [4.78, 5) is 16.4. The third-order valence-electron chi connectivity index (χ3n) is 3.17. The van der Waals surface area contributed by atoms with Crippen LogP contribution >= 0.6 is 11.3 Å². The third kappa shape index (κ3) is 2.20. The van der Waals surface area contributed by atoms with Crippen molar-refractivity contribution < 1.29 is 9.53 Å². The number of nitrogens with zero attached hydrogens (tertiary/aromatic N) is 2. The number of aromatic nitrogens is 2. The molecule has 0 bridgehead atoms. The first-order valence-electron chi connectivity index (χ1n) is 6.26. The van der Waals surface area contributed by atoms with Gasteiger partial charge in [0.25, 0.3) is 0 Å². The molecule has 4 nitrogen and oxygen atoms in total. The topological polar surface area (TPSA) is 44.1 Å². The van der Waals surface area contributed by atoms with Crippen LogP contribution in [0.5, 0.6) is 0 Å². The second-order valence-electron chi connectivity index (χ2n) is 4.56. The number of benzene rings is 1. The number of hydrogen-bond acceptors (Lipinski definition) is 4. The zero-order valence-electron chi connectivity index (χ0n) is 11.3. The fourth-order valence-corrected chi connectivity index (χ4v) is 3.06. The lowest BCUT2D eigenvalue weighted by Crippen LogP contribution is -2.06. The molecule has 0 fully saturated rings. The summed E-state index contributed by atoms with van der Waals surface area (Å²) in [5.41, 5.74) is 2.50. The van der Waals surface area contributed by atoms with Gasteiger partial charge in [0.05, 0.1) is 24.7 Å². The maximum atomic E-state index is 11.9. The van der Waals surface area contributed by atoms with Crippen LogP contribution in [0.2, 0.25) is 0 Å². The Hall–Kier alpha value is -2.14. The van der Waals surface area contributed by atoms with Gasteiger partial charge < -0.3 is 9.30 Å². The molecule has 0 aliphatic rings. The Bertz CT molecular complexity index is 773. The second-order valence-corrected chi connectivity index (χ2v) is 5.50. The molecule has 3 rings (SSSR count). The molecule has 5 heteroatoms. The van der Waals surface area contributed by atoms with E-state index in [0.29, 0.717) is 12.1 Å². The number of ether oxygens (including phenoxy) is 1. The number of rotatable bonds is 3. The number of aryl methyl sites for hydroxylation is 1. The van der Waals surface area contributed by atoms with Gasteiger partial charge >= 0.3 is 5.97 Å². The molecule has 2 heterocycles. The molecule has 0 spiro atoms. The smallest absolute Gasteiger partial charge is 0.340 e. The average Bonchev–Trinajstić information content (AvgIpc) is 3.05. The van der Waals surface area contributed by atoms with Crippen LogP contribution in [0.25, 0.3) is 10.9 Å². The quantitative estimate of drug-likeness (QED) is 0.694. The van der Waals surface area contributed by atoms with Gasteiger partial charge in [-0.3, -0.25) is 0 Å². The normalized spacial score (nSPS) is 10.9. The summed E-state index contributed by atoms with van der Waals surface area (Å²) in [6.45, 7) is 2.64. The van der Waals surface area contributed by atoms with E-state index in [-0.39, 0.29) is 5.97 Å². The van der Waals surface area contributed by atoms with Crippen LogP contribution in [0, 0.1) is 6.92 Å². The number of carbonyl (C=O) groups excluding carboxylic acids is 1. The van der Waals surface area contributed by atoms with Crippen molar-refractivity contribution in [3.63, 3.8) is 0 Å². The van der Waals surface area contributed by atoms with Gasteiger partial charge in [-0.2, -0.15) is 0 Å². The number of carbonyl (C=O) groups is 1. The van der Waals surface area contributed by atoms with Crippen LogP contribution in [0.15, 0.2) is 35.8 Å². The minimum absolute atomic E-state index is 0.314.